The number of aromatic nitrogens is 3. The maximum Gasteiger partial charge on any atom is 0.342 e. The van der Waals surface area contributed by atoms with Crippen LogP contribution < -0.4 is 15.8 Å². The molecule has 3 aromatic rings. The standard InChI is InChI=1S/C19H15FN6O3/c1-28-19(27)14-10-6-9(20)2-3-12(10)25-15-13(4-5-29-16(14)15)26-18-11(7-21)17(22)23-8-24-18/h2-3,6,8,13H,4-5H2,1H3,(H3,22,23,24,26). The van der Waals surface area contributed by atoms with Crippen molar-refractivity contribution in [2.45, 2.75) is 12.5 Å². The lowest BCUT2D eigenvalue weighted by Crippen LogP contribution is -2.25. The average Bonchev–Trinajstić information content (AvgIpc) is 2.72. The van der Waals surface area contributed by atoms with Gasteiger partial charge in [-0.3, -0.25) is 0 Å². The lowest BCUT2D eigenvalue weighted by molar-refractivity contribution is 0.0597. The second kappa shape index (κ2) is 7.20. The van der Waals surface area contributed by atoms with E-state index in [9.17, 15) is 14.4 Å². The quantitative estimate of drug-likeness (QED) is 0.641. The fraction of sp³-hybridized carbons (Fsp3) is 0.211. The third-order valence-electron chi connectivity index (χ3n) is 4.60. The van der Waals surface area contributed by atoms with Crippen LogP contribution >= 0.6 is 0 Å². The van der Waals surface area contributed by atoms with Crippen molar-refractivity contribution in [1.29, 1.82) is 5.26 Å². The smallest absolute Gasteiger partial charge is 0.342 e. The molecule has 0 amide bonds. The number of fused-ring (bicyclic) bond motifs is 2. The number of nitrogens with zero attached hydrogens (tertiary/aromatic N) is 4. The number of hydrogen-bond acceptors (Lipinski definition) is 9. The normalized spacial score (nSPS) is 15.1. The van der Waals surface area contributed by atoms with Gasteiger partial charge in [0.25, 0.3) is 0 Å². The van der Waals surface area contributed by atoms with E-state index in [2.05, 4.69) is 20.3 Å². The first-order valence-electron chi connectivity index (χ1n) is 8.65. The summed E-state index contributed by atoms with van der Waals surface area (Å²) in [6, 6.07) is 5.49. The van der Waals surface area contributed by atoms with Crippen molar-refractivity contribution in [2.75, 3.05) is 24.8 Å². The maximum atomic E-state index is 13.8. The number of esters is 1. The van der Waals surface area contributed by atoms with Crippen molar-refractivity contribution in [3.8, 4) is 11.8 Å². The Morgan fingerprint density at radius 1 is 1.45 bits per heavy atom. The van der Waals surface area contributed by atoms with E-state index < -0.39 is 17.8 Å². The number of nitrogens with one attached hydrogen (secondary N) is 1. The fourth-order valence-electron chi connectivity index (χ4n) is 3.26. The molecule has 29 heavy (non-hydrogen) atoms. The lowest BCUT2D eigenvalue weighted by Gasteiger charge is -2.28. The molecule has 1 aromatic carbocycles. The Balaban J connectivity index is 1.88. The van der Waals surface area contributed by atoms with Gasteiger partial charge in [0.05, 0.1) is 25.3 Å². The number of benzene rings is 1. The molecule has 0 radical (unpaired) electrons. The van der Waals surface area contributed by atoms with Crippen LogP contribution in [0.25, 0.3) is 10.9 Å². The van der Waals surface area contributed by atoms with Gasteiger partial charge in [-0.15, -0.1) is 0 Å². The van der Waals surface area contributed by atoms with Gasteiger partial charge in [0, 0.05) is 11.8 Å². The highest BCUT2D eigenvalue weighted by Crippen LogP contribution is 2.39. The summed E-state index contributed by atoms with van der Waals surface area (Å²) >= 11 is 0. The van der Waals surface area contributed by atoms with E-state index in [1.165, 1.54) is 31.6 Å². The van der Waals surface area contributed by atoms with Gasteiger partial charge in [-0.05, 0) is 18.2 Å². The van der Waals surface area contributed by atoms with Crippen LogP contribution in [-0.4, -0.2) is 34.6 Å². The fourth-order valence-corrected chi connectivity index (χ4v) is 3.26. The minimum atomic E-state index is -0.663. The summed E-state index contributed by atoms with van der Waals surface area (Å²) in [6.07, 6.45) is 1.73. The Labute approximate surface area is 164 Å². The number of halogens is 1. The first kappa shape index (κ1) is 18.4. The van der Waals surface area contributed by atoms with Gasteiger partial charge in [-0.25, -0.2) is 24.1 Å². The molecule has 0 spiro atoms. The highest BCUT2D eigenvalue weighted by molar-refractivity contribution is 6.06. The number of ether oxygens (including phenoxy) is 2. The third-order valence-corrected chi connectivity index (χ3v) is 4.60. The highest BCUT2D eigenvalue weighted by atomic mass is 19.1. The van der Waals surface area contributed by atoms with Gasteiger partial charge in [-0.1, -0.05) is 0 Å². The van der Waals surface area contributed by atoms with Gasteiger partial charge in [0.1, 0.15) is 46.7 Å². The van der Waals surface area contributed by atoms with Crippen LogP contribution in [0.4, 0.5) is 16.0 Å². The molecule has 4 rings (SSSR count). The van der Waals surface area contributed by atoms with Crippen LogP contribution in [0.5, 0.6) is 5.75 Å². The Morgan fingerprint density at radius 2 is 2.28 bits per heavy atom. The number of nitriles is 1. The molecule has 2 aromatic heterocycles. The zero-order chi connectivity index (χ0) is 20.5. The Bertz CT molecular complexity index is 1180. The molecule has 0 fully saturated rings. The van der Waals surface area contributed by atoms with E-state index >= 15 is 0 Å². The zero-order valence-corrected chi connectivity index (χ0v) is 15.3. The summed E-state index contributed by atoms with van der Waals surface area (Å²) in [6.45, 7) is 0.264. The lowest BCUT2D eigenvalue weighted by atomic mass is 9.99. The maximum absolute atomic E-state index is 13.8. The van der Waals surface area contributed by atoms with Gasteiger partial charge in [0.15, 0.2) is 5.75 Å². The summed E-state index contributed by atoms with van der Waals surface area (Å²) < 4.78 is 24.4. The van der Waals surface area contributed by atoms with Crippen molar-refractivity contribution in [2.24, 2.45) is 0 Å². The predicted molar refractivity (Wildman–Crippen MR) is 101 cm³/mol. The van der Waals surface area contributed by atoms with E-state index in [1.807, 2.05) is 6.07 Å². The molecule has 10 heteroatoms. The monoisotopic (exact) mass is 394 g/mol. The topological polar surface area (TPSA) is 136 Å². The molecule has 1 atom stereocenters. The molecule has 1 aliphatic heterocycles. The number of carbonyl (C=O) groups excluding carboxylic acids is 1. The van der Waals surface area contributed by atoms with Crippen LogP contribution in [0.15, 0.2) is 24.5 Å². The minimum Gasteiger partial charge on any atom is -0.491 e. The molecule has 0 saturated heterocycles. The van der Waals surface area contributed by atoms with Gasteiger partial charge >= 0.3 is 5.97 Å². The van der Waals surface area contributed by atoms with Crippen LogP contribution in [0.3, 0.4) is 0 Å². The summed E-state index contributed by atoms with van der Waals surface area (Å²) in [7, 11) is 1.24. The third kappa shape index (κ3) is 3.12. The second-order valence-corrected chi connectivity index (χ2v) is 6.28. The highest BCUT2D eigenvalue weighted by Gasteiger charge is 2.31. The molecular formula is C19H15FN6O3. The number of methoxy groups -OCH3 is 1. The first-order chi connectivity index (χ1) is 14.0. The van der Waals surface area contributed by atoms with Crippen LogP contribution in [0.1, 0.15) is 34.1 Å². The van der Waals surface area contributed by atoms with E-state index in [0.717, 1.165) is 0 Å². The SMILES string of the molecule is COC(=O)c1c2c(nc3ccc(F)cc13)C(Nc1ncnc(N)c1C#N)CCO2. The number of anilines is 2. The van der Waals surface area contributed by atoms with E-state index in [4.69, 9.17) is 15.2 Å². The molecule has 1 aliphatic rings. The van der Waals surface area contributed by atoms with E-state index in [0.29, 0.717) is 23.0 Å². The number of nitrogen functional groups attached to an aromatic ring is 1. The molecule has 9 nitrogen and oxygen atoms in total. The first-order valence-corrected chi connectivity index (χ1v) is 8.65. The van der Waals surface area contributed by atoms with Crippen molar-refractivity contribution in [1.82, 2.24) is 15.0 Å². The summed E-state index contributed by atoms with van der Waals surface area (Å²) in [5.41, 5.74) is 6.79. The van der Waals surface area contributed by atoms with Crippen LogP contribution in [-0.2, 0) is 4.74 Å². The summed E-state index contributed by atoms with van der Waals surface area (Å²) in [5.74, 6) is -0.666. The van der Waals surface area contributed by atoms with Crippen molar-refractivity contribution in [3.05, 3.63) is 47.2 Å². The number of carbonyl (C=O) groups is 1. The summed E-state index contributed by atoms with van der Waals surface area (Å²) in [5, 5.41) is 12.8. The average molecular weight is 394 g/mol. The van der Waals surface area contributed by atoms with Gasteiger partial charge in [0.2, 0.25) is 0 Å². The zero-order valence-electron chi connectivity index (χ0n) is 15.3. The van der Waals surface area contributed by atoms with E-state index in [-0.39, 0.29) is 35.1 Å². The molecule has 1 unspecified atom stereocenters. The van der Waals surface area contributed by atoms with Crippen LogP contribution in [0.2, 0.25) is 0 Å². The number of hydrogen-bond donors (Lipinski definition) is 2. The molecule has 3 heterocycles. The summed E-state index contributed by atoms with van der Waals surface area (Å²) in [4.78, 5) is 24.9. The van der Waals surface area contributed by atoms with Crippen LogP contribution in [0, 0.1) is 17.1 Å². The van der Waals surface area contributed by atoms with Gasteiger partial charge < -0.3 is 20.5 Å². The Hall–Kier alpha value is -4.00. The molecule has 146 valence electrons. The van der Waals surface area contributed by atoms with Crippen molar-refractivity contribution in [3.63, 3.8) is 0 Å². The number of pyridine rings is 1. The van der Waals surface area contributed by atoms with Crippen molar-refractivity contribution >= 4 is 28.5 Å². The van der Waals surface area contributed by atoms with E-state index in [1.54, 1.807) is 0 Å². The number of nitrogens with two attached hydrogens (primary N) is 1. The Kier molecular flexibility index (Phi) is 4.56. The van der Waals surface area contributed by atoms with Gasteiger partial charge in [-0.2, -0.15) is 5.26 Å². The molecule has 0 aliphatic carbocycles. The largest absolute Gasteiger partial charge is 0.491 e. The molecule has 0 saturated carbocycles. The van der Waals surface area contributed by atoms with Crippen molar-refractivity contribution < 1.29 is 18.7 Å². The number of rotatable bonds is 3. The molecule has 3 N–H and O–H groups in total. The molecular weight excluding hydrogens is 379 g/mol. The second-order valence-electron chi connectivity index (χ2n) is 6.28. The minimum absolute atomic E-state index is 0.0504. The Morgan fingerprint density at radius 3 is 3.03 bits per heavy atom. The molecule has 0 bridgehead atoms. The predicted octanol–water partition coefficient (Wildman–Crippen LogP) is 2.34.